The van der Waals surface area contributed by atoms with Gasteiger partial charge >= 0.3 is 0 Å². The standard InChI is InChI=1S/C7H11N3O2S/c1-5(12)10-7-9-4-6(13-7)8-2-3-11/h4,8,11H,2-3H2,1H3,(H,9,10,12). The third-order valence-corrected chi connectivity index (χ3v) is 2.07. The van der Waals surface area contributed by atoms with E-state index in [9.17, 15) is 4.79 Å². The zero-order valence-corrected chi connectivity index (χ0v) is 8.02. The minimum absolute atomic E-state index is 0.0768. The second-order valence-electron chi connectivity index (χ2n) is 2.36. The van der Waals surface area contributed by atoms with Crippen LogP contribution >= 0.6 is 11.3 Å². The average Bonchev–Trinajstić information content (AvgIpc) is 2.48. The Balaban J connectivity index is 2.48. The molecule has 1 aromatic heterocycles. The molecule has 0 bridgehead atoms. The first-order chi connectivity index (χ1) is 6.22. The van der Waals surface area contributed by atoms with E-state index in [1.165, 1.54) is 18.3 Å². The summed E-state index contributed by atoms with van der Waals surface area (Å²) in [7, 11) is 0. The number of thiazole rings is 1. The fourth-order valence-electron chi connectivity index (χ4n) is 0.743. The molecule has 0 saturated carbocycles. The highest BCUT2D eigenvalue weighted by molar-refractivity contribution is 7.19. The average molecular weight is 201 g/mol. The molecule has 1 aromatic rings. The molecule has 0 aliphatic rings. The SMILES string of the molecule is CC(=O)Nc1ncc(NCCO)s1. The molecular formula is C7H11N3O2S. The highest BCUT2D eigenvalue weighted by atomic mass is 32.1. The highest BCUT2D eigenvalue weighted by Crippen LogP contribution is 2.22. The Morgan fingerprint density at radius 2 is 2.54 bits per heavy atom. The van der Waals surface area contributed by atoms with Crippen molar-refractivity contribution in [2.24, 2.45) is 0 Å². The number of aromatic nitrogens is 1. The topological polar surface area (TPSA) is 74.2 Å². The molecule has 0 saturated heterocycles. The molecule has 0 radical (unpaired) electrons. The van der Waals surface area contributed by atoms with Gasteiger partial charge < -0.3 is 15.7 Å². The predicted octanol–water partition coefficient (Wildman–Crippen LogP) is 0.506. The van der Waals surface area contributed by atoms with Gasteiger partial charge in [-0.25, -0.2) is 4.98 Å². The Labute approximate surface area is 79.8 Å². The second-order valence-corrected chi connectivity index (χ2v) is 3.39. The number of aliphatic hydroxyl groups is 1. The summed E-state index contributed by atoms with van der Waals surface area (Å²) in [5.41, 5.74) is 0. The van der Waals surface area contributed by atoms with Gasteiger partial charge in [-0.2, -0.15) is 0 Å². The number of carbonyl (C=O) groups is 1. The number of nitrogens with one attached hydrogen (secondary N) is 2. The van der Waals surface area contributed by atoms with E-state index in [1.807, 2.05) is 0 Å². The summed E-state index contributed by atoms with van der Waals surface area (Å²) in [6.07, 6.45) is 1.62. The van der Waals surface area contributed by atoms with Crippen LogP contribution in [0.15, 0.2) is 6.20 Å². The lowest BCUT2D eigenvalue weighted by atomic mass is 10.7. The Morgan fingerprint density at radius 1 is 1.77 bits per heavy atom. The Hall–Kier alpha value is -1.14. The molecule has 0 fully saturated rings. The van der Waals surface area contributed by atoms with Crippen molar-refractivity contribution in [1.29, 1.82) is 0 Å². The van der Waals surface area contributed by atoms with Gasteiger partial charge in [0.25, 0.3) is 0 Å². The first-order valence-corrected chi connectivity index (χ1v) is 4.62. The van der Waals surface area contributed by atoms with Crippen LogP contribution in [-0.4, -0.2) is 29.1 Å². The van der Waals surface area contributed by atoms with E-state index in [4.69, 9.17) is 5.11 Å². The van der Waals surface area contributed by atoms with E-state index in [-0.39, 0.29) is 12.5 Å². The molecule has 0 aromatic carbocycles. The number of amides is 1. The molecule has 0 spiro atoms. The summed E-state index contributed by atoms with van der Waals surface area (Å²) in [5.74, 6) is -0.136. The Morgan fingerprint density at radius 3 is 3.15 bits per heavy atom. The summed E-state index contributed by atoms with van der Waals surface area (Å²) in [4.78, 5) is 14.6. The van der Waals surface area contributed by atoms with Gasteiger partial charge in [0.15, 0.2) is 5.13 Å². The minimum Gasteiger partial charge on any atom is -0.395 e. The number of nitrogens with zero attached hydrogens (tertiary/aromatic N) is 1. The number of hydrogen-bond donors (Lipinski definition) is 3. The fraction of sp³-hybridized carbons (Fsp3) is 0.429. The lowest BCUT2D eigenvalue weighted by molar-refractivity contribution is -0.114. The number of aliphatic hydroxyl groups excluding tert-OH is 1. The smallest absolute Gasteiger partial charge is 0.223 e. The number of anilines is 2. The van der Waals surface area contributed by atoms with E-state index in [1.54, 1.807) is 6.20 Å². The van der Waals surface area contributed by atoms with Gasteiger partial charge in [-0.3, -0.25) is 4.79 Å². The van der Waals surface area contributed by atoms with Crippen LogP contribution in [0, 0.1) is 0 Å². The molecule has 3 N–H and O–H groups in total. The normalized spacial score (nSPS) is 9.69. The summed E-state index contributed by atoms with van der Waals surface area (Å²) in [6.45, 7) is 2.00. The fourth-order valence-corrected chi connectivity index (χ4v) is 1.53. The quantitative estimate of drug-likeness (QED) is 0.663. The predicted molar refractivity (Wildman–Crippen MR) is 52.0 cm³/mol. The minimum atomic E-state index is -0.136. The summed E-state index contributed by atoms with van der Waals surface area (Å²) in [5, 5.41) is 15.4. The molecule has 0 aliphatic heterocycles. The Kier molecular flexibility index (Phi) is 3.66. The van der Waals surface area contributed by atoms with Crippen molar-refractivity contribution in [1.82, 2.24) is 4.98 Å². The molecule has 0 atom stereocenters. The first kappa shape index (κ1) is 9.94. The lowest BCUT2D eigenvalue weighted by Gasteiger charge is -1.97. The number of carbonyl (C=O) groups excluding carboxylic acids is 1. The molecule has 6 heteroatoms. The van der Waals surface area contributed by atoms with E-state index in [2.05, 4.69) is 15.6 Å². The van der Waals surface area contributed by atoms with Crippen LogP contribution in [0.1, 0.15) is 6.92 Å². The van der Waals surface area contributed by atoms with Crippen molar-refractivity contribution in [3.05, 3.63) is 6.20 Å². The van der Waals surface area contributed by atoms with Crippen molar-refractivity contribution in [3.63, 3.8) is 0 Å². The maximum atomic E-state index is 10.6. The van der Waals surface area contributed by atoms with Crippen molar-refractivity contribution >= 4 is 27.4 Å². The lowest BCUT2D eigenvalue weighted by Crippen LogP contribution is -2.04. The Bertz CT molecular complexity index is 287. The monoisotopic (exact) mass is 201 g/mol. The van der Waals surface area contributed by atoms with E-state index < -0.39 is 0 Å². The van der Waals surface area contributed by atoms with Crippen LogP contribution in [0.25, 0.3) is 0 Å². The van der Waals surface area contributed by atoms with Crippen LogP contribution in [0.2, 0.25) is 0 Å². The van der Waals surface area contributed by atoms with Gasteiger partial charge in [-0.15, -0.1) is 0 Å². The third kappa shape index (κ3) is 3.39. The molecule has 1 amide bonds. The zero-order valence-electron chi connectivity index (χ0n) is 7.20. The van der Waals surface area contributed by atoms with Gasteiger partial charge in [0, 0.05) is 13.5 Å². The summed E-state index contributed by atoms with van der Waals surface area (Å²) in [6, 6.07) is 0. The maximum Gasteiger partial charge on any atom is 0.223 e. The van der Waals surface area contributed by atoms with Crippen molar-refractivity contribution in [3.8, 4) is 0 Å². The molecule has 13 heavy (non-hydrogen) atoms. The van der Waals surface area contributed by atoms with Gasteiger partial charge in [0.05, 0.1) is 12.8 Å². The molecule has 0 unspecified atom stereocenters. The molecule has 72 valence electrons. The molecular weight excluding hydrogens is 190 g/mol. The van der Waals surface area contributed by atoms with Gasteiger partial charge in [0.1, 0.15) is 5.00 Å². The van der Waals surface area contributed by atoms with Crippen LogP contribution in [0.5, 0.6) is 0 Å². The van der Waals surface area contributed by atoms with Crippen LogP contribution in [0.4, 0.5) is 10.1 Å². The number of rotatable bonds is 4. The molecule has 5 nitrogen and oxygen atoms in total. The third-order valence-electron chi connectivity index (χ3n) is 1.20. The second kappa shape index (κ2) is 4.78. The van der Waals surface area contributed by atoms with E-state index in [0.29, 0.717) is 11.7 Å². The summed E-state index contributed by atoms with van der Waals surface area (Å²) < 4.78 is 0. The van der Waals surface area contributed by atoms with Crippen molar-refractivity contribution < 1.29 is 9.90 Å². The molecule has 1 rings (SSSR count). The first-order valence-electron chi connectivity index (χ1n) is 3.80. The highest BCUT2D eigenvalue weighted by Gasteiger charge is 2.01. The molecule has 0 aliphatic carbocycles. The van der Waals surface area contributed by atoms with Crippen LogP contribution in [-0.2, 0) is 4.79 Å². The summed E-state index contributed by atoms with van der Waals surface area (Å²) >= 11 is 1.34. The van der Waals surface area contributed by atoms with Crippen molar-refractivity contribution in [2.75, 3.05) is 23.8 Å². The number of hydrogen-bond acceptors (Lipinski definition) is 5. The van der Waals surface area contributed by atoms with Gasteiger partial charge in [-0.05, 0) is 0 Å². The zero-order chi connectivity index (χ0) is 9.68. The van der Waals surface area contributed by atoms with Gasteiger partial charge in [-0.1, -0.05) is 11.3 Å². The van der Waals surface area contributed by atoms with E-state index >= 15 is 0 Å². The molecule has 1 heterocycles. The van der Waals surface area contributed by atoms with Crippen molar-refractivity contribution in [2.45, 2.75) is 6.92 Å². The van der Waals surface area contributed by atoms with Crippen LogP contribution < -0.4 is 10.6 Å². The van der Waals surface area contributed by atoms with E-state index in [0.717, 1.165) is 5.00 Å². The largest absolute Gasteiger partial charge is 0.395 e. The van der Waals surface area contributed by atoms with Crippen LogP contribution in [0.3, 0.4) is 0 Å². The van der Waals surface area contributed by atoms with Gasteiger partial charge in [0.2, 0.25) is 5.91 Å². The maximum absolute atomic E-state index is 10.6.